The third kappa shape index (κ3) is 3.61. The second-order valence-electron chi connectivity index (χ2n) is 7.07. The number of ether oxygens (including phenoxy) is 1. The number of piperidine rings is 1. The number of hydrogen-bond donors (Lipinski definition) is 0. The molecule has 0 aliphatic carbocycles. The predicted molar refractivity (Wildman–Crippen MR) is 96.2 cm³/mol. The van der Waals surface area contributed by atoms with Crippen LogP contribution in [0.2, 0.25) is 0 Å². The first-order chi connectivity index (χ1) is 12.6. The van der Waals surface area contributed by atoms with Crippen LogP contribution in [-0.4, -0.2) is 47.6 Å². The Balaban J connectivity index is 1.40. The van der Waals surface area contributed by atoms with Gasteiger partial charge in [-0.05, 0) is 36.6 Å². The third-order valence-corrected chi connectivity index (χ3v) is 5.25. The molecule has 2 aliphatic heterocycles. The van der Waals surface area contributed by atoms with Gasteiger partial charge in [-0.15, -0.1) is 0 Å². The first-order valence-corrected chi connectivity index (χ1v) is 8.95. The van der Waals surface area contributed by atoms with E-state index in [1.54, 1.807) is 6.20 Å². The van der Waals surface area contributed by atoms with Crippen molar-refractivity contribution in [3.63, 3.8) is 0 Å². The van der Waals surface area contributed by atoms with Crippen LogP contribution in [0.3, 0.4) is 0 Å². The summed E-state index contributed by atoms with van der Waals surface area (Å²) in [6, 6.07) is 11.3. The zero-order chi connectivity index (χ0) is 18.0. The summed E-state index contributed by atoms with van der Waals surface area (Å²) in [6.45, 7) is 3.11. The van der Waals surface area contributed by atoms with E-state index < -0.39 is 0 Å². The summed E-state index contributed by atoms with van der Waals surface area (Å²) in [6.07, 6.45) is 4.64. The van der Waals surface area contributed by atoms with Crippen LogP contribution < -0.4 is 4.90 Å². The molecule has 2 aliphatic rings. The molecule has 0 N–H and O–H groups in total. The topological polar surface area (TPSA) is 45.7 Å². The number of carbonyl (C=O) groups is 1. The minimum atomic E-state index is -0.302. The molecular weight excluding hydrogens is 333 g/mol. The van der Waals surface area contributed by atoms with Gasteiger partial charge >= 0.3 is 0 Å². The molecule has 0 saturated carbocycles. The number of anilines is 1. The average Bonchev–Trinajstić information content (AvgIpc) is 2.67. The van der Waals surface area contributed by atoms with Crippen LogP contribution in [0.5, 0.6) is 0 Å². The maximum absolute atomic E-state index is 13.3. The Morgan fingerprint density at radius 3 is 2.65 bits per heavy atom. The number of carbonyl (C=O) groups excluding carboxylic acids is 1. The molecule has 2 aromatic rings. The number of pyridine rings is 1. The van der Waals surface area contributed by atoms with Gasteiger partial charge in [-0.1, -0.05) is 18.2 Å². The van der Waals surface area contributed by atoms with Crippen molar-refractivity contribution in [1.82, 2.24) is 9.88 Å². The summed E-state index contributed by atoms with van der Waals surface area (Å²) in [4.78, 5) is 20.3. The molecule has 1 aromatic carbocycles. The number of aromatic nitrogens is 1. The lowest BCUT2D eigenvalue weighted by atomic mass is 9.89. The summed E-state index contributed by atoms with van der Waals surface area (Å²) >= 11 is 0. The third-order valence-electron chi connectivity index (χ3n) is 5.25. The van der Waals surface area contributed by atoms with Crippen molar-refractivity contribution >= 4 is 11.6 Å². The van der Waals surface area contributed by atoms with Crippen molar-refractivity contribution in [2.45, 2.75) is 25.0 Å². The summed E-state index contributed by atoms with van der Waals surface area (Å²) < 4.78 is 19.3. The molecule has 2 fully saturated rings. The largest absolute Gasteiger partial charge is 0.363 e. The molecule has 4 rings (SSSR count). The van der Waals surface area contributed by atoms with Crippen LogP contribution in [-0.2, 0) is 16.1 Å². The Labute approximate surface area is 152 Å². The van der Waals surface area contributed by atoms with E-state index in [4.69, 9.17) is 4.74 Å². The Morgan fingerprint density at radius 1 is 1.15 bits per heavy atom. The summed E-state index contributed by atoms with van der Waals surface area (Å²) in [5, 5.41) is 0. The highest BCUT2D eigenvalue weighted by molar-refractivity contribution is 5.95. The summed E-state index contributed by atoms with van der Waals surface area (Å²) in [5.74, 6) is -0.293. The maximum atomic E-state index is 13.3. The molecule has 0 radical (unpaired) electrons. The van der Waals surface area contributed by atoms with E-state index in [0.29, 0.717) is 13.1 Å². The minimum absolute atomic E-state index is 0.00934. The fourth-order valence-corrected chi connectivity index (χ4v) is 3.78. The Bertz CT molecular complexity index is 776. The molecule has 26 heavy (non-hydrogen) atoms. The molecule has 6 heteroatoms. The zero-order valence-corrected chi connectivity index (χ0v) is 14.6. The smallest absolute Gasteiger partial charge is 0.253 e. The lowest BCUT2D eigenvalue weighted by Gasteiger charge is -2.47. The van der Waals surface area contributed by atoms with E-state index >= 15 is 0 Å². The molecule has 1 aromatic heterocycles. The highest BCUT2D eigenvalue weighted by Gasteiger charge is 2.42. The van der Waals surface area contributed by atoms with Gasteiger partial charge < -0.3 is 9.64 Å². The van der Waals surface area contributed by atoms with Gasteiger partial charge in [0.1, 0.15) is 12.4 Å². The number of rotatable bonds is 3. The second-order valence-corrected chi connectivity index (χ2v) is 7.07. The number of nitrogens with zero attached hydrogens (tertiary/aromatic N) is 3. The second kappa shape index (κ2) is 7.13. The molecule has 1 spiro atoms. The number of likely N-dealkylation sites (tertiary alicyclic amines) is 1. The van der Waals surface area contributed by atoms with Crippen molar-refractivity contribution in [1.29, 1.82) is 0 Å². The SMILES string of the molecule is O=C1COC2(CCN(Cc3cncc(F)c3)CC2)CN1c1ccccc1. The van der Waals surface area contributed by atoms with E-state index in [-0.39, 0.29) is 23.9 Å². The van der Waals surface area contributed by atoms with E-state index in [2.05, 4.69) is 9.88 Å². The van der Waals surface area contributed by atoms with Gasteiger partial charge in [0.05, 0.1) is 18.3 Å². The van der Waals surface area contributed by atoms with E-state index in [0.717, 1.165) is 37.2 Å². The Hall–Kier alpha value is -2.31. The van der Waals surface area contributed by atoms with Crippen LogP contribution in [0.15, 0.2) is 48.8 Å². The number of morpholine rings is 1. The van der Waals surface area contributed by atoms with Gasteiger partial charge in [0.25, 0.3) is 5.91 Å². The van der Waals surface area contributed by atoms with Gasteiger partial charge in [0.15, 0.2) is 0 Å². The number of amides is 1. The van der Waals surface area contributed by atoms with Crippen LogP contribution >= 0.6 is 0 Å². The monoisotopic (exact) mass is 355 g/mol. The predicted octanol–water partition coefficient (Wildman–Crippen LogP) is 2.62. The Morgan fingerprint density at radius 2 is 1.92 bits per heavy atom. The van der Waals surface area contributed by atoms with Gasteiger partial charge in [0, 0.05) is 31.5 Å². The van der Waals surface area contributed by atoms with Crippen LogP contribution in [0.4, 0.5) is 10.1 Å². The van der Waals surface area contributed by atoms with E-state index in [1.165, 1.54) is 12.3 Å². The quantitative estimate of drug-likeness (QED) is 0.849. The molecule has 0 atom stereocenters. The molecule has 0 bridgehead atoms. The summed E-state index contributed by atoms with van der Waals surface area (Å²) in [7, 11) is 0. The molecule has 3 heterocycles. The van der Waals surface area contributed by atoms with Gasteiger partial charge in [-0.25, -0.2) is 4.39 Å². The molecule has 0 unspecified atom stereocenters. The lowest BCUT2D eigenvalue weighted by Crippen LogP contribution is -2.58. The Kier molecular flexibility index (Phi) is 4.70. The molecule has 2 saturated heterocycles. The fraction of sp³-hybridized carbons (Fsp3) is 0.400. The highest BCUT2D eigenvalue weighted by atomic mass is 19.1. The van der Waals surface area contributed by atoms with Crippen molar-refractivity contribution < 1.29 is 13.9 Å². The van der Waals surface area contributed by atoms with Gasteiger partial charge in [-0.3, -0.25) is 14.7 Å². The lowest BCUT2D eigenvalue weighted by molar-refractivity contribution is -0.144. The van der Waals surface area contributed by atoms with Crippen molar-refractivity contribution in [2.75, 3.05) is 31.1 Å². The summed E-state index contributed by atoms with van der Waals surface area (Å²) in [5.41, 5.74) is 1.51. The van der Waals surface area contributed by atoms with E-state index in [1.807, 2.05) is 35.2 Å². The van der Waals surface area contributed by atoms with Crippen LogP contribution in [0.25, 0.3) is 0 Å². The van der Waals surface area contributed by atoms with Crippen LogP contribution in [0.1, 0.15) is 18.4 Å². The highest BCUT2D eigenvalue weighted by Crippen LogP contribution is 2.33. The zero-order valence-electron chi connectivity index (χ0n) is 14.6. The number of hydrogen-bond acceptors (Lipinski definition) is 4. The first kappa shape index (κ1) is 17.1. The molecule has 5 nitrogen and oxygen atoms in total. The standard InChI is InChI=1S/C20H22FN3O2/c21-17-10-16(11-22-12-17)13-23-8-6-20(7-9-23)15-24(19(25)14-26-20)18-4-2-1-3-5-18/h1-5,10-12H,6-9,13-15H2. The van der Waals surface area contributed by atoms with E-state index in [9.17, 15) is 9.18 Å². The number of benzene rings is 1. The number of halogens is 1. The molecular formula is C20H22FN3O2. The number of para-hydroxylation sites is 1. The first-order valence-electron chi connectivity index (χ1n) is 8.95. The average molecular weight is 355 g/mol. The van der Waals surface area contributed by atoms with Crippen molar-refractivity contribution in [3.8, 4) is 0 Å². The minimum Gasteiger partial charge on any atom is -0.363 e. The van der Waals surface area contributed by atoms with Crippen molar-refractivity contribution in [3.05, 3.63) is 60.2 Å². The fourth-order valence-electron chi connectivity index (χ4n) is 3.78. The molecule has 136 valence electrons. The van der Waals surface area contributed by atoms with Crippen LogP contribution in [0, 0.1) is 5.82 Å². The maximum Gasteiger partial charge on any atom is 0.253 e. The van der Waals surface area contributed by atoms with Crippen molar-refractivity contribution in [2.24, 2.45) is 0 Å². The molecule has 1 amide bonds. The normalized spacial score (nSPS) is 20.5. The van der Waals surface area contributed by atoms with Gasteiger partial charge in [-0.2, -0.15) is 0 Å². The van der Waals surface area contributed by atoms with Gasteiger partial charge in [0.2, 0.25) is 0 Å².